The van der Waals surface area contributed by atoms with Crippen molar-refractivity contribution in [1.29, 1.82) is 0 Å². The lowest BCUT2D eigenvalue weighted by Crippen LogP contribution is -2.43. The number of aromatic nitrogens is 1. The van der Waals surface area contributed by atoms with E-state index in [1.54, 1.807) is 11.3 Å². The van der Waals surface area contributed by atoms with Crippen LogP contribution < -0.4 is 5.32 Å². The average Bonchev–Trinajstić information content (AvgIpc) is 3.21. The molecule has 0 aliphatic carbocycles. The Kier molecular flexibility index (Phi) is 7.26. The van der Waals surface area contributed by atoms with E-state index in [1.807, 2.05) is 31.4 Å². The highest BCUT2D eigenvalue weighted by Crippen LogP contribution is 2.28. The summed E-state index contributed by atoms with van der Waals surface area (Å²) in [5.41, 5.74) is 5.88. The van der Waals surface area contributed by atoms with E-state index in [0.29, 0.717) is 10.7 Å². The van der Waals surface area contributed by atoms with E-state index in [1.165, 1.54) is 5.56 Å². The number of likely N-dealkylation sites (N-methyl/N-ethyl adjacent to an activating group) is 1. The van der Waals surface area contributed by atoms with Crippen LogP contribution in [0.4, 0.5) is 5.69 Å². The molecule has 168 valence electrons. The minimum absolute atomic E-state index is 0.113. The van der Waals surface area contributed by atoms with Gasteiger partial charge in [0.2, 0.25) is 5.91 Å². The van der Waals surface area contributed by atoms with E-state index in [4.69, 9.17) is 11.6 Å². The second-order valence-electron chi connectivity index (χ2n) is 8.58. The highest BCUT2D eigenvalue weighted by molar-refractivity contribution is 7.13. The Bertz CT molecular complexity index is 1060. The van der Waals surface area contributed by atoms with Crippen LogP contribution in [0.25, 0.3) is 10.6 Å². The molecular weight excluding hydrogens is 440 g/mol. The molecule has 5 nitrogen and oxygen atoms in total. The van der Waals surface area contributed by atoms with Crippen molar-refractivity contribution in [2.45, 2.75) is 26.8 Å². The molecule has 0 radical (unpaired) electrons. The average molecular weight is 469 g/mol. The van der Waals surface area contributed by atoms with Crippen LogP contribution in [-0.2, 0) is 17.8 Å². The molecule has 0 atom stereocenters. The normalized spacial score (nSPS) is 15.1. The number of carbonyl (C=O) groups excluding carboxylic acids is 1. The molecule has 1 fully saturated rings. The number of nitrogens with zero attached hydrogens (tertiary/aromatic N) is 3. The zero-order chi connectivity index (χ0) is 22.7. The SMILES string of the molecule is Cc1cc(C)c(NC(=O)Cc2csc(-c3ccc(CN4CCN(C)CC4)cc3)n2)c(Cl)c1. The largest absolute Gasteiger partial charge is 0.324 e. The number of piperazine rings is 1. The standard InChI is InChI=1S/C25H29ClN4OS/c1-17-12-18(2)24(22(26)13-17)28-23(31)14-21-16-32-25(27-21)20-6-4-19(5-7-20)15-30-10-8-29(3)9-11-30/h4-7,12-13,16H,8-11,14-15H2,1-3H3,(H,28,31). The van der Waals surface area contributed by atoms with Gasteiger partial charge in [-0.15, -0.1) is 11.3 Å². The highest BCUT2D eigenvalue weighted by atomic mass is 35.5. The summed E-state index contributed by atoms with van der Waals surface area (Å²) in [6.07, 6.45) is 0.224. The molecule has 1 saturated heterocycles. The van der Waals surface area contributed by atoms with Crippen molar-refractivity contribution < 1.29 is 4.79 Å². The Hall–Kier alpha value is -2.25. The first-order chi connectivity index (χ1) is 15.4. The number of halogens is 1. The van der Waals surface area contributed by atoms with E-state index in [2.05, 4.69) is 51.4 Å². The van der Waals surface area contributed by atoms with Gasteiger partial charge in [-0.25, -0.2) is 4.98 Å². The Morgan fingerprint density at radius 3 is 2.53 bits per heavy atom. The maximum Gasteiger partial charge on any atom is 0.230 e. The van der Waals surface area contributed by atoms with Crippen molar-refractivity contribution in [3.8, 4) is 10.6 Å². The van der Waals surface area contributed by atoms with Crippen molar-refractivity contribution in [1.82, 2.24) is 14.8 Å². The number of hydrogen-bond acceptors (Lipinski definition) is 5. The molecule has 1 aromatic heterocycles. The minimum Gasteiger partial charge on any atom is -0.324 e. The molecule has 0 unspecified atom stereocenters. The Morgan fingerprint density at radius 2 is 1.84 bits per heavy atom. The van der Waals surface area contributed by atoms with Crippen LogP contribution in [0.5, 0.6) is 0 Å². The second-order valence-corrected chi connectivity index (χ2v) is 9.85. The molecule has 2 aromatic carbocycles. The van der Waals surface area contributed by atoms with Gasteiger partial charge in [0.25, 0.3) is 0 Å². The number of thiazole rings is 1. The Morgan fingerprint density at radius 1 is 1.12 bits per heavy atom. The van der Waals surface area contributed by atoms with Gasteiger partial charge in [-0.05, 0) is 43.7 Å². The fourth-order valence-electron chi connectivity index (χ4n) is 3.96. The third-order valence-corrected chi connectivity index (χ3v) is 7.03. The first-order valence-corrected chi connectivity index (χ1v) is 12.1. The van der Waals surface area contributed by atoms with Crippen LogP contribution in [0, 0.1) is 13.8 Å². The van der Waals surface area contributed by atoms with Crippen molar-refractivity contribution in [2.75, 3.05) is 38.5 Å². The number of carbonyl (C=O) groups is 1. The van der Waals surface area contributed by atoms with Gasteiger partial charge in [0.15, 0.2) is 0 Å². The van der Waals surface area contributed by atoms with Gasteiger partial charge in [-0.2, -0.15) is 0 Å². The van der Waals surface area contributed by atoms with Gasteiger partial charge in [0.1, 0.15) is 5.01 Å². The van der Waals surface area contributed by atoms with Gasteiger partial charge >= 0.3 is 0 Å². The number of amides is 1. The summed E-state index contributed by atoms with van der Waals surface area (Å²) >= 11 is 7.88. The minimum atomic E-state index is -0.113. The van der Waals surface area contributed by atoms with Gasteiger partial charge in [0.05, 0.1) is 22.8 Å². The van der Waals surface area contributed by atoms with Crippen LogP contribution in [0.15, 0.2) is 41.8 Å². The predicted octanol–water partition coefficient (Wildman–Crippen LogP) is 5.01. The maximum absolute atomic E-state index is 12.6. The number of anilines is 1. The topological polar surface area (TPSA) is 48.5 Å². The number of benzene rings is 2. The monoisotopic (exact) mass is 468 g/mol. The summed E-state index contributed by atoms with van der Waals surface area (Å²) in [6.45, 7) is 9.40. The first kappa shape index (κ1) is 22.9. The fraction of sp³-hybridized carbons (Fsp3) is 0.360. The zero-order valence-corrected chi connectivity index (χ0v) is 20.4. The second kappa shape index (κ2) is 10.1. The molecule has 2 heterocycles. The third kappa shape index (κ3) is 5.75. The maximum atomic E-state index is 12.6. The summed E-state index contributed by atoms with van der Waals surface area (Å²) in [5, 5.41) is 6.39. The van der Waals surface area contributed by atoms with Crippen LogP contribution in [0.3, 0.4) is 0 Å². The van der Waals surface area contributed by atoms with Gasteiger partial charge in [0, 0.05) is 43.7 Å². The van der Waals surface area contributed by atoms with E-state index in [-0.39, 0.29) is 12.3 Å². The van der Waals surface area contributed by atoms with Crippen molar-refractivity contribution in [2.24, 2.45) is 0 Å². The summed E-state index contributed by atoms with van der Waals surface area (Å²) < 4.78 is 0. The molecule has 3 aromatic rings. The van der Waals surface area contributed by atoms with Crippen LogP contribution in [0.2, 0.25) is 5.02 Å². The molecule has 1 aliphatic heterocycles. The van der Waals surface area contributed by atoms with Crippen molar-refractivity contribution >= 4 is 34.5 Å². The fourth-order valence-corrected chi connectivity index (χ4v) is 5.15. The van der Waals surface area contributed by atoms with E-state index in [0.717, 1.165) is 60.1 Å². The summed E-state index contributed by atoms with van der Waals surface area (Å²) in [6, 6.07) is 12.5. The summed E-state index contributed by atoms with van der Waals surface area (Å²) in [7, 11) is 2.18. The first-order valence-electron chi connectivity index (χ1n) is 10.9. The summed E-state index contributed by atoms with van der Waals surface area (Å²) in [5.74, 6) is -0.113. The van der Waals surface area contributed by atoms with E-state index < -0.39 is 0 Å². The van der Waals surface area contributed by atoms with E-state index in [9.17, 15) is 4.79 Å². The molecule has 7 heteroatoms. The zero-order valence-electron chi connectivity index (χ0n) is 18.8. The smallest absolute Gasteiger partial charge is 0.230 e. The van der Waals surface area contributed by atoms with Crippen LogP contribution in [-0.4, -0.2) is 53.9 Å². The number of rotatable bonds is 6. The molecule has 1 N–H and O–H groups in total. The molecule has 0 spiro atoms. The van der Waals surface area contributed by atoms with Crippen molar-refractivity contribution in [3.05, 3.63) is 69.2 Å². The summed E-state index contributed by atoms with van der Waals surface area (Å²) in [4.78, 5) is 22.1. The van der Waals surface area contributed by atoms with Gasteiger partial charge in [-0.3, -0.25) is 9.69 Å². The van der Waals surface area contributed by atoms with E-state index >= 15 is 0 Å². The van der Waals surface area contributed by atoms with Gasteiger partial charge in [-0.1, -0.05) is 41.9 Å². The lowest BCUT2D eigenvalue weighted by atomic mass is 10.1. The molecule has 1 aliphatic rings. The Balaban J connectivity index is 1.36. The number of aryl methyl sites for hydroxylation is 2. The number of nitrogens with one attached hydrogen (secondary N) is 1. The van der Waals surface area contributed by atoms with Crippen LogP contribution >= 0.6 is 22.9 Å². The molecule has 4 rings (SSSR count). The molecule has 32 heavy (non-hydrogen) atoms. The third-order valence-electron chi connectivity index (χ3n) is 5.79. The van der Waals surface area contributed by atoms with Crippen LogP contribution in [0.1, 0.15) is 22.4 Å². The molecule has 1 amide bonds. The lowest BCUT2D eigenvalue weighted by molar-refractivity contribution is -0.115. The predicted molar refractivity (Wildman–Crippen MR) is 134 cm³/mol. The quantitative estimate of drug-likeness (QED) is 0.552. The van der Waals surface area contributed by atoms with Gasteiger partial charge < -0.3 is 10.2 Å². The number of hydrogen-bond donors (Lipinski definition) is 1. The highest BCUT2D eigenvalue weighted by Gasteiger charge is 2.15. The van der Waals surface area contributed by atoms with Crippen molar-refractivity contribution in [3.63, 3.8) is 0 Å². The Labute approximate surface area is 199 Å². The lowest BCUT2D eigenvalue weighted by Gasteiger charge is -2.32. The molecule has 0 bridgehead atoms. The molecule has 0 saturated carbocycles. The molecular formula is C25H29ClN4OS.